The zero-order valence-electron chi connectivity index (χ0n) is 25.9. The molecule has 0 aliphatic heterocycles. The molecule has 1 aromatic rings. The van der Waals surface area contributed by atoms with Crippen LogP contribution in [0, 0.1) is 46.3 Å². The number of hydrogen-bond donors (Lipinski definition) is 1. The molecule has 0 aromatic heterocycles. The minimum Gasteiger partial charge on any atom is -0.321 e. The van der Waals surface area contributed by atoms with Gasteiger partial charge in [0.05, 0.1) is 5.71 Å². The van der Waals surface area contributed by atoms with Crippen molar-refractivity contribution < 1.29 is 0 Å². The predicted octanol–water partition coefficient (Wildman–Crippen LogP) is 9.59. The highest BCUT2D eigenvalue weighted by Crippen LogP contribution is 2.96. The SMILES string of the molecule is C=CC(=N/C=C(\C)c1ccc(C)cc1)C12CCC(C(C)C)=C1C1(N)CCC3(C)C45CCCCC4CCC35C1CC2. The van der Waals surface area contributed by atoms with E-state index in [-0.39, 0.29) is 11.0 Å². The molecule has 5 fully saturated rings. The van der Waals surface area contributed by atoms with Crippen molar-refractivity contribution >= 4 is 11.3 Å². The van der Waals surface area contributed by atoms with Crippen LogP contribution in [0.25, 0.3) is 5.57 Å². The first kappa shape index (κ1) is 26.9. The zero-order chi connectivity index (χ0) is 28.1. The average molecular weight is 537 g/mol. The van der Waals surface area contributed by atoms with Crippen LogP contribution in [-0.4, -0.2) is 11.3 Å². The summed E-state index contributed by atoms with van der Waals surface area (Å²) in [6.45, 7) is 16.2. The topological polar surface area (TPSA) is 38.4 Å². The van der Waals surface area contributed by atoms with Crippen LogP contribution in [0.1, 0.15) is 116 Å². The Morgan fingerprint density at radius 1 is 0.975 bits per heavy atom. The fourth-order valence-electron chi connectivity index (χ4n) is 12.7. The number of aryl methyl sites for hydroxylation is 1. The molecule has 7 atom stereocenters. The van der Waals surface area contributed by atoms with Crippen molar-refractivity contribution in [1.82, 2.24) is 0 Å². The van der Waals surface area contributed by atoms with Crippen molar-refractivity contribution in [2.24, 2.45) is 50.1 Å². The van der Waals surface area contributed by atoms with Crippen LogP contribution in [0.5, 0.6) is 0 Å². The van der Waals surface area contributed by atoms with Crippen LogP contribution in [0.3, 0.4) is 0 Å². The third kappa shape index (κ3) is 3.03. The Balaban J connectivity index is 1.32. The summed E-state index contributed by atoms with van der Waals surface area (Å²) in [6.07, 6.45) is 20.2. The number of benzene rings is 1. The van der Waals surface area contributed by atoms with E-state index in [0.717, 1.165) is 12.3 Å². The molecule has 6 aliphatic carbocycles. The molecule has 0 saturated heterocycles. The molecule has 7 rings (SSSR count). The van der Waals surface area contributed by atoms with Gasteiger partial charge in [-0.1, -0.05) is 75.6 Å². The largest absolute Gasteiger partial charge is 0.321 e. The summed E-state index contributed by atoms with van der Waals surface area (Å²) in [5, 5.41) is 0. The van der Waals surface area contributed by atoms with Crippen molar-refractivity contribution in [3.05, 3.63) is 65.4 Å². The first-order chi connectivity index (χ1) is 19.1. The van der Waals surface area contributed by atoms with Gasteiger partial charge in [-0.15, -0.1) is 0 Å². The number of fused-ring (bicyclic) bond motifs is 3. The van der Waals surface area contributed by atoms with Gasteiger partial charge in [-0.25, -0.2) is 0 Å². The van der Waals surface area contributed by atoms with Gasteiger partial charge in [0.2, 0.25) is 0 Å². The van der Waals surface area contributed by atoms with Crippen molar-refractivity contribution in [1.29, 1.82) is 0 Å². The molecule has 2 heteroatoms. The van der Waals surface area contributed by atoms with E-state index in [1.54, 1.807) is 11.1 Å². The van der Waals surface area contributed by atoms with Crippen molar-refractivity contribution in [3.8, 4) is 0 Å². The summed E-state index contributed by atoms with van der Waals surface area (Å²) in [5.41, 5.74) is 17.6. The molecule has 40 heavy (non-hydrogen) atoms. The summed E-state index contributed by atoms with van der Waals surface area (Å²) in [6, 6.07) is 8.81. The zero-order valence-corrected chi connectivity index (χ0v) is 25.9. The van der Waals surface area contributed by atoms with Gasteiger partial charge in [-0.2, -0.15) is 0 Å². The molecule has 214 valence electrons. The van der Waals surface area contributed by atoms with Gasteiger partial charge in [-0.3, -0.25) is 4.99 Å². The molecule has 2 N–H and O–H groups in total. The molecule has 0 amide bonds. The first-order valence-electron chi connectivity index (χ1n) is 16.6. The van der Waals surface area contributed by atoms with Gasteiger partial charge in [0, 0.05) is 17.2 Å². The Kier molecular flexibility index (Phi) is 5.92. The summed E-state index contributed by atoms with van der Waals surface area (Å²) < 4.78 is 0. The second kappa shape index (κ2) is 8.79. The third-order valence-electron chi connectivity index (χ3n) is 14.1. The lowest BCUT2D eigenvalue weighted by molar-refractivity contribution is 0.0395. The van der Waals surface area contributed by atoms with Crippen molar-refractivity contribution in [2.75, 3.05) is 0 Å². The Bertz CT molecular complexity index is 1330. The highest BCUT2D eigenvalue weighted by Gasteiger charge is 2.91. The predicted molar refractivity (Wildman–Crippen MR) is 169 cm³/mol. The van der Waals surface area contributed by atoms with E-state index >= 15 is 0 Å². The van der Waals surface area contributed by atoms with E-state index in [1.807, 2.05) is 0 Å². The molecule has 0 heterocycles. The second-order valence-electron chi connectivity index (χ2n) is 15.4. The molecular formula is C38H52N2. The Labute approximate surface area is 243 Å². The third-order valence-corrected chi connectivity index (χ3v) is 14.1. The maximum Gasteiger partial charge on any atom is 0.0501 e. The van der Waals surface area contributed by atoms with E-state index < -0.39 is 0 Å². The van der Waals surface area contributed by atoms with Gasteiger partial charge in [0.15, 0.2) is 0 Å². The number of allylic oxidation sites excluding steroid dienone is 3. The molecule has 6 aliphatic rings. The van der Waals surface area contributed by atoms with Gasteiger partial charge >= 0.3 is 0 Å². The van der Waals surface area contributed by atoms with Crippen LogP contribution in [0.2, 0.25) is 0 Å². The number of nitrogens with two attached hydrogens (primary N) is 1. The van der Waals surface area contributed by atoms with Crippen LogP contribution in [0.4, 0.5) is 0 Å². The van der Waals surface area contributed by atoms with Gasteiger partial charge in [0.25, 0.3) is 0 Å². The second-order valence-corrected chi connectivity index (χ2v) is 15.4. The maximum absolute atomic E-state index is 8.00. The number of hydrogen-bond acceptors (Lipinski definition) is 2. The lowest BCUT2D eigenvalue weighted by Gasteiger charge is -2.58. The molecule has 0 radical (unpaired) electrons. The Morgan fingerprint density at radius 2 is 1.75 bits per heavy atom. The maximum atomic E-state index is 8.00. The number of rotatable bonds is 5. The fraction of sp³-hybridized carbons (Fsp3) is 0.658. The number of nitrogens with zero attached hydrogens (tertiary/aromatic N) is 1. The van der Waals surface area contributed by atoms with E-state index in [2.05, 4.69) is 77.7 Å². The van der Waals surface area contributed by atoms with Crippen LogP contribution < -0.4 is 5.73 Å². The highest BCUT2D eigenvalue weighted by atomic mass is 15.0. The monoisotopic (exact) mass is 536 g/mol. The van der Waals surface area contributed by atoms with Gasteiger partial charge < -0.3 is 5.73 Å². The normalized spacial score (nSPS) is 44.1. The standard InChI is InChI=1S/C38H52N2/c1-7-32(40-24-27(5)28-13-11-26(4)12-14-28)35-19-16-30(25(2)3)33(35)36(39)23-22-34(6)37-18-9-8-10-29(37)15-21-38(34,37)31(36)17-20-35/h7,11-14,24-25,29,31H,1,8-10,15-23,39H2,2-6H3/b27-24+,40-32?. The molecule has 2 nitrogen and oxygen atoms in total. The Morgan fingerprint density at radius 3 is 2.48 bits per heavy atom. The molecule has 1 aromatic carbocycles. The Hall–Kier alpha value is -1.93. The molecule has 0 bridgehead atoms. The summed E-state index contributed by atoms with van der Waals surface area (Å²) in [7, 11) is 0. The van der Waals surface area contributed by atoms with Crippen LogP contribution >= 0.6 is 0 Å². The van der Waals surface area contributed by atoms with Crippen molar-refractivity contribution in [2.45, 2.75) is 117 Å². The van der Waals surface area contributed by atoms with E-state index in [0.29, 0.717) is 28.1 Å². The van der Waals surface area contributed by atoms with Gasteiger partial charge in [-0.05, 0) is 135 Å². The van der Waals surface area contributed by atoms with Gasteiger partial charge in [0.1, 0.15) is 0 Å². The number of aliphatic imine (C=N–C) groups is 1. The first-order valence-corrected chi connectivity index (χ1v) is 16.6. The van der Waals surface area contributed by atoms with Crippen LogP contribution in [0.15, 0.2) is 59.3 Å². The summed E-state index contributed by atoms with van der Waals surface area (Å²) >= 11 is 0. The molecular weight excluding hydrogens is 484 g/mol. The lowest BCUT2D eigenvalue weighted by Crippen LogP contribution is -2.62. The minimum atomic E-state index is -0.191. The molecule has 7 unspecified atom stereocenters. The fourth-order valence-corrected chi connectivity index (χ4v) is 12.7. The van der Waals surface area contributed by atoms with E-state index in [4.69, 9.17) is 10.7 Å². The lowest BCUT2D eigenvalue weighted by atomic mass is 9.49. The summed E-state index contributed by atoms with van der Waals surface area (Å²) in [5.74, 6) is 2.13. The smallest absolute Gasteiger partial charge is 0.0501 e. The van der Waals surface area contributed by atoms with Crippen LogP contribution in [-0.2, 0) is 0 Å². The van der Waals surface area contributed by atoms with E-state index in [1.165, 1.54) is 93.0 Å². The average Bonchev–Trinajstić information content (AvgIpc) is 3.28. The highest BCUT2D eigenvalue weighted by molar-refractivity contribution is 6.03. The molecule has 2 spiro atoms. The molecule has 5 saturated carbocycles. The quantitative estimate of drug-likeness (QED) is 0.295. The van der Waals surface area contributed by atoms with E-state index in [9.17, 15) is 0 Å². The van der Waals surface area contributed by atoms with Crippen molar-refractivity contribution in [3.63, 3.8) is 0 Å². The summed E-state index contributed by atoms with van der Waals surface area (Å²) in [4.78, 5) is 5.28. The minimum absolute atomic E-state index is 0.0480.